The maximum atomic E-state index is 13.1. The Kier molecular flexibility index (Phi) is 7.22. The van der Waals surface area contributed by atoms with Gasteiger partial charge in [-0.25, -0.2) is 12.8 Å². The summed E-state index contributed by atoms with van der Waals surface area (Å²) < 4.78 is 45.0. The molecule has 1 aliphatic heterocycles. The molecule has 1 fully saturated rings. The molecule has 0 unspecified atom stereocenters. The Hall–Kier alpha value is -2.72. The second-order valence-corrected chi connectivity index (χ2v) is 8.99. The van der Waals surface area contributed by atoms with Crippen molar-refractivity contribution in [3.63, 3.8) is 0 Å². The van der Waals surface area contributed by atoms with E-state index in [1.807, 2.05) is 0 Å². The van der Waals surface area contributed by atoms with Crippen LogP contribution >= 0.6 is 0 Å². The number of furan rings is 1. The average molecular weight is 437 g/mol. The van der Waals surface area contributed by atoms with E-state index in [-0.39, 0.29) is 42.8 Å². The SMILES string of the molecule is O=C(CCNC(=O)[C@H]1CCCN(S(=O)(=O)c2ccc(F)cc2)C1)NCc1ccco1. The number of sulfonamides is 1. The Balaban J connectivity index is 1.47. The zero-order chi connectivity index (χ0) is 21.6. The quantitative estimate of drug-likeness (QED) is 0.653. The summed E-state index contributed by atoms with van der Waals surface area (Å²) in [5.74, 6) is -0.890. The van der Waals surface area contributed by atoms with Crippen LogP contribution in [0.15, 0.2) is 52.0 Å². The number of rotatable bonds is 8. The molecule has 2 aromatic rings. The van der Waals surface area contributed by atoms with Crippen molar-refractivity contribution < 1.29 is 26.8 Å². The number of amides is 2. The second kappa shape index (κ2) is 9.86. The number of halogens is 1. The van der Waals surface area contributed by atoms with E-state index in [0.717, 1.165) is 12.1 Å². The van der Waals surface area contributed by atoms with E-state index in [9.17, 15) is 22.4 Å². The summed E-state index contributed by atoms with van der Waals surface area (Å²) in [6, 6.07) is 8.10. The normalized spacial score (nSPS) is 17.4. The first-order chi connectivity index (χ1) is 14.4. The third-order valence-corrected chi connectivity index (χ3v) is 6.78. The Morgan fingerprint density at radius 1 is 1.17 bits per heavy atom. The minimum absolute atomic E-state index is 0.00168. The molecule has 162 valence electrons. The molecule has 2 amide bonds. The third kappa shape index (κ3) is 5.67. The minimum Gasteiger partial charge on any atom is -0.467 e. The van der Waals surface area contributed by atoms with Crippen LogP contribution in [-0.2, 0) is 26.2 Å². The molecule has 30 heavy (non-hydrogen) atoms. The van der Waals surface area contributed by atoms with Crippen molar-refractivity contribution in [2.75, 3.05) is 19.6 Å². The van der Waals surface area contributed by atoms with Gasteiger partial charge >= 0.3 is 0 Å². The van der Waals surface area contributed by atoms with Gasteiger partial charge in [-0.2, -0.15) is 4.31 Å². The van der Waals surface area contributed by atoms with E-state index >= 15 is 0 Å². The molecule has 2 N–H and O–H groups in total. The van der Waals surface area contributed by atoms with Crippen LogP contribution in [0.3, 0.4) is 0 Å². The summed E-state index contributed by atoms with van der Waals surface area (Å²) in [5.41, 5.74) is 0. The Bertz CT molecular complexity index is 961. The van der Waals surface area contributed by atoms with Gasteiger partial charge in [-0.15, -0.1) is 0 Å². The van der Waals surface area contributed by atoms with Crippen LogP contribution in [0.4, 0.5) is 4.39 Å². The molecule has 1 saturated heterocycles. The van der Waals surface area contributed by atoms with Crippen LogP contribution in [0.25, 0.3) is 0 Å². The summed E-state index contributed by atoms with van der Waals surface area (Å²) in [7, 11) is -3.79. The van der Waals surface area contributed by atoms with Crippen LogP contribution in [0.5, 0.6) is 0 Å². The summed E-state index contributed by atoms with van der Waals surface area (Å²) in [5, 5.41) is 5.39. The van der Waals surface area contributed by atoms with Gasteiger partial charge in [0.2, 0.25) is 21.8 Å². The van der Waals surface area contributed by atoms with E-state index in [1.54, 1.807) is 12.1 Å². The van der Waals surface area contributed by atoms with Crippen LogP contribution in [0.2, 0.25) is 0 Å². The molecule has 0 saturated carbocycles. The number of carbonyl (C=O) groups is 2. The van der Waals surface area contributed by atoms with Crippen molar-refractivity contribution in [3.8, 4) is 0 Å². The van der Waals surface area contributed by atoms with Crippen molar-refractivity contribution in [1.82, 2.24) is 14.9 Å². The predicted molar refractivity (Wildman–Crippen MR) is 106 cm³/mol. The number of hydrogen-bond acceptors (Lipinski definition) is 5. The standard InChI is InChI=1S/C20H24FN3O5S/c21-16-5-7-18(8-6-16)30(27,28)24-11-1-3-15(14-24)20(26)22-10-9-19(25)23-13-17-4-2-12-29-17/h2,4-8,12,15H,1,3,9-11,13-14H2,(H,22,26)(H,23,25)/t15-/m0/s1. The number of nitrogens with one attached hydrogen (secondary N) is 2. The second-order valence-electron chi connectivity index (χ2n) is 7.05. The van der Waals surface area contributed by atoms with Gasteiger partial charge in [0.15, 0.2) is 0 Å². The van der Waals surface area contributed by atoms with Gasteiger partial charge in [0, 0.05) is 26.1 Å². The fourth-order valence-electron chi connectivity index (χ4n) is 3.26. The maximum absolute atomic E-state index is 13.1. The highest BCUT2D eigenvalue weighted by Gasteiger charge is 2.33. The van der Waals surface area contributed by atoms with Crippen LogP contribution in [-0.4, -0.2) is 44.2 Å². The lowest BCUT2D eigenvalue weighted by molar-refractivity contribution is -0.126. The van der Waals surface area contributed by atoms with Gasteiger partial charge in [-0.05, 0) is 49.2 Å². The zero-order valence-electron chi connectivity index (χ0n) is 16.3. The fraction of sp³-hybridized carbons (Fsp3) is 0.400. The molecule has 1 aromatic heterocycles. The monoisotopic (exact) mass is 437 g/mol. The first-order valence-corrected chi connectivity index (χ1v) is 11.1. The van der Waals surface area contributed by atoms with Crippen LogP contribution in [0, 0.1) is 11.7 Å². The lowest BCUT2D eigenvalue weighted by atomic mass is 9.99. The van der Waals surface area contributed by atoms with E-state index in [2.05, 4.69) is 10.6 Å². The van der Waals surface area contributed by atoms with Crippen molar-refractivity contribution in [1.29, 1.82) is 0 Å². The van der Waals surface area contributed by atoms with Gasteiger partial charge in [0.05, 0.1) is 23.6 Å². The van der Waals surface area contributed by atoms with Crippen molar-refractivity contribution in [2.24, 2.45) is 5.92 Å². The zero-order valence-corrected chi connectivity index (χ0v) is 17.2. The molecular weight excluding hydrogens is 413 g/mol. The number of carbonyl (C=O) groups excluding carboxylic acids is 2. The molecule has 1 aliphatic rings. The van der Waals surface area contributed by atoms with Gasteiger partial charge in [-0.1, -0.05) is 0 Å². The molecule has 0 spiro atoms. The molecule has 8 nitrogen and oxygen atoms in total. The minimum atomic E-state index is -3.79. The Morgan fingerprint density at radius 2 is 1.93 bits per heavy atom. The van der Waals surface area contributed by atoms with Gasteiger partial charge in [0.1, 0.15) is 11.6 Å². The first-order valence-electron chi connectivity index (χ1n) is 9.69. The van der Waals surface area contributed by atoms with E-state index < -0.39 is 21.8 Å². The summed E-state index contributed by atoms with van der Waals surface area (Å²) in [6.45, 7) is 0.789. The Labute approximate surface area is 174 Å². The van der Waals surface area contributed by atoms with Gasteiger partial charge in [0.25, 0.3) is 0 Å². The number of benzene rings is 1. The van der Waals surface area contributed by atoms with E-state index in [0.29, 0.717) is 25.1 Å². The molecular formula is C20H24FN3O5S. The smallest absolute Gasteiger partial charge is 0.243 e. The molecule has 3 rings (SSSR count). The summed E-state index contributed by atoms with van der Waals surface area (Å²) >= 11 is 0. The number of nitrogens with zero attached hydrogens (tertiary/aromatic N) is 1. The third-order valence-electron chi connectivity index (χ3n) is 4.90. The predicted octanol–water partition coefficient (Wildman–Crippen LogP) is 1.64. The topological polar surface area (TPSA) is 109 Å². The highest BCUT2D eigenvalue weighted by atomic mass is 32.2. The highest BCUT2D eigenvalue weighted by molar-refractivity contribution is 7.89. The van der Waals surface area contributed by atoms with Crippen molar-refractivity contribution in [3.05, 3.63) is 54.2 Å². The molecule has 0 radical (unpaired) electrons. The number of piperidine rings is 1. The maximum Gasteiger partial charge on any atom is 0.243 e. The van der Waals surface area contributed by atoms with Crippen molar-refractivity contribution >= 4 is 21.8 Å². The fourth-order valence-corrected chi connectivity index (χ4v) is 4.79. The molecule has 2 heterocycles. The molecule has 0 aliphatic carbocycles. The molecule has 0 bridgehead atoms. The first kappa shape index (κ1) is 22.0. The van der Waals surface area contributed by atoms with E-state index in [4.69, 9.17) is 4.42 Å². The highest BCUT2D eigenvalue weighted by Crippen LogP contribution is 2.24. The van der Waals surface area contributed by atoms with Crippen LogP contribution < -0.4 is 10.6 Å². The summed E-state index contributed by atoms with van der Waals surface area (Å²) in [4.78, 5) is 24.3. The molecule has 1 aromatic carbocycles. The average Bonchev–Trinajstić information content (AvgIpc) is 3.26. The van der Waals surface area contributed by atoms with Gasteiger partial charge in [-0.3, -0.25) is 9.59 Å². The Morgan fingerprint density at radius 3 is 2.63 bits per heavy atom. The van der Waals surface area contributed by atoms with Crippen LogP contribution in [0.1, 0.15) is 25.0 Å². The molecule has 1 atom stereocenters. The number of hydrogen-bond donors (Lipinski definition) is 2. The summed E-state index contributed by atoms with van der Waals surface area (Å²) in [6.07, 6.45) is 2.73. The van der Waals surface area contributed by atoms with Crippen molar-refractivity contribution in [2.45, 2.75) is 30.7 Å². The van der Waals surface area contributed by atoms with Gasteiger partial charge < -0.3 is 15.1 Å². The largest absolute Gasteiger partial charge is 0.467 e. The van der Waals surface area contributed by atoms with E-state index in [1.165, 1.54) is 22.7 Å². The molecule has 10 heteroatoms. The lowest BCUT2D eigenvalue weighted by Crippen LogP contribution is -2.45. The lowest BCUT2D eigenvalue weighted by Gasteiger charge is -2.31.